The van der Waals surface area contributed by atoms with Crippen molar-refractivity contribution in [3.8, 4) is 11.5 Å². The van der Waals surface area contributed by atoms with Crippen LogP contribution in [0.1, 0.15) is 5.56 Å². The zero-order chi connectivity index (χ0) is 9.59. The summed E-state index contributed by atoms with van der Waals surface area (Å²) < 4.78 is 10.3. The Hall–Kier alpha value is -1.78. The van der Waals surface area contributed by atoms with Gasteiger partial charge in [-0.15, -0.1) is 0 Å². The van der Waals surface area contributed by atoms with Gasteiger partial charge in [0.1, 0.15) is 5.69 Å². The second kappa shape index (κ2) is 2.35. The molecule has 1 heterocycles. The quantitative estimate of drug-likeness (QED) is 0.505. The highest BCUT2D eigenvalue weighted by molar-refractivity contribution is 5.86. The van der Waals surface area contributed by atoms with Crippen molar-refractivity contribution in [1.29, 1.82) is 0 Å². The lowest BCUT2D eigenvalue weighted by Gasteiger charge is -2.10. The summed E-state index contributed by atoms with van der Waals surface area (Å²) in [6.07, 6.45) is 0. The molecule has 1 aromatic carbocycles. The predicted octanol–water partition coefficient (Wildman–Crippen LogP) is 0.470. The molecular formula is C8H11N3O2. The van der Waals surface area contributed by atoms with Crippen LogP contribution >= 0.6 is 0 Å². The van der Waals surface area contributed by atoms with E-state index in [2.05, 4.69) is 0 Å². The van der Waals surface area contributed by atoms with Crippen LogP contribution in [0, 0.1) is 6.92 Å². The van der Waals surface area contributed by atoms with E-state index < -0.39 is 0 Å². The van der Waals surface area contributed by atoms with Gasteiger partial charge in [-0.2, -0.15) is 0 Å². The van der Waals surface area contributed by atoms with E-state index in [-0.39, 0.29) is 6.79 Å². The van der Waals surface area contributed by atoms with Gasteiger partial charge in [0.25, 0.3) is 0 Å². The van der Waals surface area contributed by atoms with Crippen molar-refractivity contribution >= 4 is 17.1 Å². The molecule has 0 bridgehead atoms. The van der Waals surface area contributed by atoms with Crippen LogP contribution in [-0.2, 0) is 0 Å². The molecule has 1 aliphatic rings. The third kappa shape index (κ3) is 0.867. The third-order valence-corrected chi connectivity index (χ3v) is 2.20. The molecule has 0 saturated heterocycles. The normalized spacial score (nSPS) is 13.3. The Labute approximate surface area is 75.4 Å². The lowest BCUT2D eigenvalue weighted by Crippen LogP contribution is -2.02. The predicted molar refractivity (Wildman–Crippen MR) is 50.5 cm³/mol. The summed E-state index contributed by atoms with van der Waals surface area (Å²) in [7, 11) is 0. The van der Waals surface area contributed by atoms with Gasteiger partial charge in [-0.3, -0.25) is 0 Å². The molecule has 0 aliphatic carbocycles. The first-order chi connectivity index (χ1) is 6.13. The fraction of sp³-hybridized carbons (Fsp3) is 0.250. The van der Waals surface area contributed by atoms with Crippen molar-refractivity contribution in [3.63, 3.8) is 0 Å². The summed E-state index contributed by atoms with van der Waals surface area (Å²) in [5.41, 5.74) is 19.3. The lowest BCUT2D eigenvalue weighted by molar-refractivity contribution is 0.175. The lowest BCUT2D eigenvalue weighted by atomic mass is 10.1. The second-order valence-corrected chi connectivity index (χ2v) is 2.93. The van der Waals surface area contributed by atoms with Crippen LogP contribution in [0.4, 0.5) is 17.1 Å². The Morgan fingerprint density at radius 2 is 1.46 bits per heavy atom. The molecule has 1 aliphatic heterocycles. The maximum absolute atomic E-state index is 5.76. The van der Waals surface area contributed by atoms with E-state index in [1.807, 2.05) is 0 Å². The Morgan fingerprint density at radius 3 is 2.08 bits per heavy atom. The van der Waals surface area contributed by atoms with Crippen molar-refractivity contribution in [2.24, 2.45) is 0 Å². The summed E-state index contributed by atoms with van der Waals surface area (Å²) in [5, 5.41) is 0. The molecule has 0 amide bonds. The number of benzene rings is 1. The van der Waals surface area contributed by atoms with Gasteiger partial charge >= 0.3 is 0 Å². The molecule has 0 fully saturated rings. The molecule has 6 N–H and O–H groups in total. The molecule has 2 rings (SSSR count). The Kier molecular flexibility index (Phi) is 1.42. The minimum atomic E-state index is 0.145. The van der Waals surface area contributed by atoms with Gasteiger partial charge in [0.2, 0.25) is 6.79 Å². The van der Waals surface area contributed by atoms with Crippen LogP contribution in [0.5, 0.6) is 11.5 Å². The van der Waals surface area contributed by atoms with Crippen molar-refractivity contribution in [2.75, 3.05) is 24.0 Å². The Morgan fingerprint density at radius 1 is 0.923 bits per heavy atom. The summed E-state index contributed by atoms with van der Waals surface area (Å²) >= 11 is 0. The zero-order valence-corrected chi connectivity index (χ0v) is 7.26. The molecule has 0 atom stereocenters. The van der Waals surface area contributed by atoms with Crippen LogP contribution in [-0.4, -0.2) is 6.79 Å². The fourth-order valence-electron chi connectivity index (χ4n) is 1.32. The van der Waals surface area contributed by atoms with E-state index in [4.69, 9.17) is 26.7 Å². The Balaban J connectivity index is 2.77. The molecule has 70 valence electrons. The van der Waals surface area contributed by atoms with Crippen LogP contribution in [0.15, 0.2) is 0 Å². The van der Waals surface area contributed by atoms with E-state index >= 15 is 0 Å². The molecule has 5 nitrogen and oxygen atoms in total. The molecule has 0 radical (unpaired) electrons. The molecule has 0 aromatic heterocycles. The first-order valence-electron chi connectivity index (χ1n) is 3.85. The molecule has 0 unspecified atom stereocenters. The van der Waals surface area contributed by atoms with Crippen molar-refractivity contribution < 1.29 is 9.47 Å². The molecule has 1 aromatic rings. The van der Waals surface area contributed by atoms with Crippen LogP contribution < -0.4 is 26.7 Å². The van der Waals surface area contributed by atoms with Crippen LogP contribution in [0.25, 0.3) is 0 Å². The van der Waals surface area contributed by atoms with Gasteiger partial charge in [0, 0.05) is 5.56 Å². The van der Waals surface area contributed by atoms with Crippen LogP contribution in [0.3, 0.4) is 0 Å². The minimum absolute atomic E-state index is 0.145. The first-order valence-corrected chi connectivity index (χ1v) is 3.85. The van der Waals surface area contributed by atoms with E-state index in [9.17, 15) is 0 Å². The van der Waals surface area contributed by atoms with Gasteiger partial charge in [-0.05, 0) is 6.92 Å². The number of hydrogen-bond acceptors (Lipinski definition) is 5. The monoisotopic (exact) mass is 181 g/mol. The first kappa shape index (κ1) is 7.85. The number of nitrogen functional groups attached to an aromatic ring is 3. The second-order valence-electron chi connectivity index (χ2n) is 2.93. The number of hydrogen-bond donors (Lipinski definition) is 3. The number of rotatable bonds is 0. The molecular weight excluding hydrogens is 170 g/mol. The average molecular weight is 181 g/mol. The average Bonchev–Trinajstić information content (AvgIpc) is 2.59. The standard InChI is InChI=1S/C8H11N3O2/c1-3-4(9)6(11)8-7(5(3)10)12-2-13-8/h2,9-11H2,1H3. The number of nitrogens with two attached hydrogens (primary N) is 3. The van der Waals surface area contributed by atoms with Gasteiger partial charge < -0.3 is 26.7 Å². The molecule has 0 saturated carbocycles. The smallest absolute Gasteiger partial charge is 0.231 e. The van der Waals surface area contributed by atoms with Gasteiger partial charge in [0.05, 0.1) is 11.4 Å². The highest BCUT2D eigenvalue weighted by Crippen LogP contribution is 2.47. The van der Waals surface area contributed by atoms with Gasteiger partial charge in [0.15, 0.2) is 11.5 Å². The summed E-state index contributed by atoms with van der Waals surface area (Å²) in [4.78, 5) is 0. The SMILES string of the molecule is Cc1c(N)c(N)c2c(c1N)OCO2. The van der Waals surface area contributed by atoms with E-state index in [1.165, 1.54) is 0 Å². The van der Waals surface area contributed by atoms with Crippen molar-refractivity contribution in [3.05, 3.63) is 5.56 Å². The summed E-state index contributed by atoms with van der Waals surface area (Å²) in [5.74, 6) is 0.963. The summed E-state index contributed by atoms with van der Waals surface area (Å²) in [6, 6.07) is 0. The molecule has 13 heavy (non-hydrogen) atoms. The topological polar surface area (TPSA) is 96.5 Å². The fourth-order valence-corrected chi connectivity index (χ4v) is 1.32. The highest BCUT2D eigenvalue weighted by atomic mass is 16.7. The zero-order valence-electron chi connectivity index (χ0n) is 7.26. The number of fused-ring (bicyclic) bond motifs is 1. The van der Waals surface area contributed by atoms with E-state index in [0.29, 0.717) is 28.6 Å². The maximum atomic E-state index is 5.76. The Bertz CT molecular complexity index is 341. The summed E-state index contributed by atoms with van der Waals surface area (Å²) in [6.45, 7) is 1.94. The molecule has 0 spiro atoms. The van der Waals surface area contributed by atoms with Gasteiger partial charge in [-0.25, -0.2) is 0 Å². The third-order valence-electron chi connectivity index (χ3n) is 2.20. The maximum Gasteiger partial charge on any atom is 0.231 e. The highest BCUT2D eigenvalue weighted by Gasteiger charge is 2.24. The van der Waals surface area contributed by atoms with Gasteiger partial charge in [-0.1, -0.05) is 0 Å². The van der Waals surface area contributed by atoms with Crippen molar-refractivity contribution in [1.82, 2.24) is 0 Å². The largest absolute Gasteiger partial charge is 0.451 e. The molecule has 5 heteroatoms. The van der Waals surface area contributed by atoms with Crippen molar-refractivity contribution in [2.45, 2.75) is 6.92 Å². The number of anilines is 3. The van der Waals surface area contributed by atoms with Crippen LogP contribution in [0.2, 0.25) is 0 Å². The number of ether oxygens (including phenoxy) is 2. The minimum Gasteiger partial charge on any atom is -0.451 e. The van der Waals surface area contributed by atoms with E-state index in [0.717, 1.165) is 5.56 Å². The van der Waals surface area contributed by atoms with E-state index in [1.54, 1.807) is 6.92 Å².